The molecule has 0 aromatic heterocycles. The van der Waals surface area contributed by atoms with Crippen molar-refractivity contribution < 1.29 is 7.54 Å². The van der Waals surface area contributed by atoms with Crippen molar-refractivity contribution in [1.82, 2.24) is 0 Å². The molecule has 0 spiro atoms. The maximum Gasteiger partial charge on any atom is 0.146 e. The average Bonchev–Trinajstić information content (AvgIpc) is 1.84. The van der Waals surface area contributed by atoms with Crippen LogP contribution in [0.1, 0.15) is 28.9 Å². The minimum atomic E-state index is -1.64. The van der Waals surface area contributed by atoms with E-state index in [1.54, 1.807) is 0 Å². The molecule has 0 aliphatic heterocycles. The van der Waals surface area contributed by atoms with E-state index in [0.717, 1.165) is 0 Å². The molecule has 0 aliphatic rings. The number of carbonyl (C=O) groups is 1. The monoisotopic (exact) mass is 150 g/mol. The van der Waals surface area contributed by atoms with E-state index in [1.807, 2.05) is 0 Å². The summed E-state index contributed by atoms with van der Waals surface area (Å²) in [7, 11) is 0. The molecule has 0 heterocycles. The predicted molar refractivity (Wildman–Crippen MR) is 41.6 cm³/mol. The van der Waals surface area contributed by atoms with Crippen LogP contribution in [0.25, 0.3) is 0 Å². The highest BCUT2D eigenvalue weighted by Gasteiger charge is 2.05. The summed E-state index contributed by atoms with van der Waals surface area (Å²) in [5, 5.41) is 0. The van der Waals surface area contributed by atoms with E-state index >= 15 is 0 Å². The maximum atomic E-state index is 10.6. The second kappa shape index (κ2) is 5.38. The summed E-state index contributed by atoms with van der Waals surface area (Å²) in [6.45, 7) is -0.210. The Bertz CT molecular complexity index is 156. The van der Waals surface area contributed by atoms with Crippen molar-refractivity contribution in [3.05, 3.63) is 0 Å². The third-order valence-corrected chi connectivity index (χ3v) is 1.36. The van der Waals surface area contributed by atoms with Crippen molar-refractivity contribution in [2.45, 2.75) is 32.2 Å². The molecular formula is C7H16N2O. The zero-order valence-corrected chi connectivity index (χ0v) is 6.26. The molecule has 0 amide bonds. The van der Waals surface area contributed by atoms with Crippen molar-refractivity contribution in [1.29, 1.82) is 0 Å². The van der Waals surface area contributed by atoms with Gasteiger partial charge in [0.25, 0.3) is 0 Å². The van der Waals surface area contributed by atoms with Gasteiger partial charge in [-0.2, -0.15) is 0 Å². The molecule has 0 aliphatic carbocycles. The highest BCUT2D eigenvalue weighted by Crippen LogP contribution is 1.97. The highest BCUT2D eigenvalue weighted by molar-refractivity contribution is 5.80. The van der Waals surface area contributed by atoms with Crippen LogP contribution in [0.5, 0.6) is 0 Å². The lowest BCUT2D eigenvalue weighted by atomic mass is 10.5. The lowest BCUT2D eigenvalue weighted by molar-refractivity contribution is -0.118. The van der Waals surface area contributed by atoms with Crippen molar-refractivity contribution in [3.63, 3.8) is 0 Å². The number of Topliss-reactive ketones (excluding diaryl/α,β-unsaturated/α-hetero) is 1. The zero-order valence-electron chi connectivity index (χ0n) is 8.26. The summed E-state index contributed by atoms with van der Waals surface area (Å²) in [4.78, 5) is 10.6. The Labute approximate surface area is 64.6 Å². The lowest BCUT2D eigenvalue weighted by Gasteiger charge is -2.05. The molecule has 1 atom stereocenters. The standard InChI is InChI=1S/C7H16N2O/c1-6(10)7(9)4-2-3-5-8/h7H,2-5,8-9H2,1H3/t7-/m0/s1/i2+1,5D2,6+1,7+1,9+1. The van der Waals surface area contributed by atoms with E-state index < -0.39 is 12.5 Å². The summed E-state index contributed by atoms with van der Waals surface area (Å²) in [5.74, 6) is -0.0624. The Hall–Kier alpha value is -0.410. The Morgan fingerprint density at radius 2 is 2.30 bits per heavy atom. The van der Waals surface area contributed by atoms with Gasteiger partial charge >= 0.3 is 0 Å². The molecule has 10 heavy (non-hydrogen) atoms. The molecule has 3 heteroatoms. The first-order valence-electron chi connectivity index (χ1n) is 4.38. The Morgan fingerprint density at radius 3 is 2.70 bits per heavy atom. The van der Waals surface area contributed by atoms with Gasteiger partial charge in [-0.05, 0) is 26.3 Å². The third kappa shape index (κ3) is 4.47. The van der Waals surface area contributed by atoms with E-state index in [0.29, 0.717) is 12.8 Å². The maximum absolute atomic E-state index is 10.6. The van der Waals surface area contributed by atoms with Crippen LogP contribution in [0.4, 0.5) is 0 Å². The number of hydrogen-bond acceptors (Lipinski definition) is 3. The second-order valence-corrected chi connectivity index (χ2v) is 2.31. The molecule has 0 aromatic carbocycles. The van der Waals surface area contributed by atoms with Crippen molar-refractivity contribution in [3.8, 4) is 0 Å². The third-order valence-electron chi connectivity index (χ3n) is 1.36. The van der Waals surface area contributed by atoms with Crippen LogP contribution in [0, 0.1) is 0 Å². The van der Waals surface area contributed by atoms with Crippen LogP contribution in [0.15, 0.2) is 0 Å². The van der Waals surface area contributed by atoms with Crippen LogP contribution in [-0.2, 0) is 4.79 Å². The first-order valence-corrected chi connectivity index (χ1v) is 3.38. The minimum absolute atomic E-state index is 0.0624. The van der Waals surface area contributed by atoms with Crippen molar-refractivity contribution >= 4 is 5.78 Å². The SMILES string of the molecule is [2H]C([2H])(N)C[13CH2]C[13C@H]([15NH2])[13C](C)=O. The van der Waals surface area contributed by atoms with Gasteiger partial charge in [-0.25, -0.2) is 0 Å². The van der Waals surface area contributed by atoms with Gasteiger partial charge in [-0.15, -0.1) is 0 Å². The minimum Gasteiger partial charge on any atom is -0.330 e. The molecule has 0 saturated heterocycles. The topological polar surface area (TPSA) is 69.1 Å². The first kappa shape index (κ1) is 6.31. The van der Waals surface area contributed by atoms with Gasteiger partial charge in [0.15, 0.2) is 0 Å². The fraction of sp³-hybridized carbons (Fsp3) is 0.857. The van der Waals surface area contributed by atoms with Gasteiger partial charge in [-0.1, -0.05) is 6.42 Å². The normalized spacial score (nSPS) is 17.5. The predicted octanol–water partition coefficient (Wildman–Crippen LogP) is 0.0317. The molecule has 0 bridgehead atoms. The van der Waals surface area contributed by atoms with E-state index in [9.17, 15) is 4.79 Å². The summed E-state index contributed by atoms with van der Waals surface area (Å²) < 4.78 is 14.0. The van der Waals surface area contributed by atoms with Crippen LogP contribution < -0.4 is 11.5 Å². The van der Waals surface area contributed by atoms with Gasteiger partial charge < -0.3 is 11.5 Å². The number of ketones is 1. The molecule has 0 rings (SSSR count). The smallest absolute Gasteiger partial charge is 0.146 e. The van der Waals surface area contributed by atoms with E-state index in [2.05, 4.69) is 0 Å². The van der Waals surface area contributed by atoms with Crippen molar-refractivity contribution in [2.24, 2.45) is 11.5 Å². The van der Waals surface area contributed by atoms with Gasteiger partial charge in [-0.3, -0.25) is 4.79 Å². The average molecular weight is 150 g/mol. The van der Waals surface area contributed by atoms with E-state index in [4.69, 9.17) is 14.2 Å². The fourth-order valence-electron chi connectivity index (χ4n) is 0.627. The first-order chi connectivity index (χ1) is 5.33. The van der Waals surface area contributed by atoms with Crippen LogP contribution in [0.2, 0.25) is 0 Å². The van der Waals surface area contributed by atoms with Crippen molar-refractivity contribution in [2.75, 3.05) is 6.50 Å². The van der Waals surface area contributed by atoms with Crippen LogP contribution in [-0.4, -0.2) is 18.3 Å². The number of rotatable bonds is 5. The molecular weight excluding hydrogens is 132 g/mol. The molecule has 0 saturated carbocycles. The van der Waals surface area contributed by atoms with E-state index in [1.165, 1.54) is 6.92 Å². The number of carbonyl (C=O) groups excluding carboxylic acids is 1. The largest absolute Gasteiger partial charge is 0.330 e. The molecule has 3 nitrogen and oxygen atoms in total. The lowest BCUT2D eigenvalue weighted by Crippen LogP contribution is -2.28. The molecule has 0 radical (unpaired) electrons. The summed E-state index contributed by atoms with van der Waals surface area (Å²) in [5.41, 5.74) is 10.5. The Kier molecular flexibility index (Phi) is 3.40. The molecule has 60 valence electrons. The Morgan fingerprint density at radius 1 is 1.70 bits per heavy atom. The van der Waals surface area contributed by atoms with E-state index in [-0.39, 0.29) is 12.2 Å². The van der Waals surface area contributed by atoms with Gasteiger partial charge in [0.05, 0.1) is 6.04 Å². The molecule has 0 unspecified atom stereocenters. The zero-order chi connectivity index (χ0) is 9.78. The summed E-state index contributed by atoms with van der Waals surface area (Å²) >= 11 is 0. The second-order valence-electron chi connectivity index (χ2n) is 2.31. The molecule has 0 aromatic rings. The van der Waals surface area contributed by atoms with Gasteiger partial charge in [0.1, 0.15) is 5.78 Å². The van der Waals surface area contributed by atoms with Crippen LogP contribution in [0.3, 0.4) is 0 Å². The fourth-order valence-corrected chi connectivity index (χ4v) is 0.627. The quantitative estimate of drug-likeness (QED) is 0.429. The van der Waals surface area contributed by atoms with Crippen LogP contribution >= 0.6 is 0 Å². The van der Waals surface area contributed by atoms with Gasteiger partial charge in [0, 0.05) is 2.74 Å². The summed E-state index contributed by atoms with van der Waals surface area (Å²) in [6.07, 6.45) is 1.30. The highest BCUT2D eigenvalue weighted by atomic mass is 16.2. The van der Waals surface area contributed by atoms with Gasteiger partial charge in [0.2, 0.25) is 0 Å². The summed E-state index contributed by atoms with van der Waals surface area (Å²) in [6, 6.07) is -0.465. The molecule has 4 N–H and O–H groups in total. The molecule has 0 fully saturated rings. The number of nitrogens with two attached hydrogens (primary N) is 2. The Balaban J connectivity index is 3.51. The number of hydrogen-bond donors (Lipinski definition) is 2.